The van der Waals surface area contributed by atoms with E-state index >= 15 is 0 Å². The van der Waals surface area contributed by atoms with Crippen molar-refractivity contribution in [1.29, 1.82) is 0 Å². The zero-order valence-corrected chi connectivity index (χ0v) is 13.9. The zero-order valence-electron chi connectivity index (χ0n) is 13.9. The molecule has 1 aliphatic heterocycles. The maximum absolute atomic E-state index is 12.0. The van der Waals surface area contributed by atoms with Gasteiger partial charge in [0.05, 0.1) is 6.54 Å². The number of rotatable bonds is 7. The molecule has 1 fully saturated rings. The smallest absolute Gasteiger partial charge is 0.234 e. The normalized spacial score (nSPS) is 18.4. The monoisotopic (exact) mass is 317 g/mol. The first kappa shape index (κ1) is 17.5. The lowest BCUT2D eigenvalue weighted by atomic mass is 10.1. The third kappa shape index (κ3) is 6.82. The fourth-order valence-electron chi connectivity index (χ4n) is 3.03. The van der Waals surface area contributed by atoms with Crippen LogP contribution >= 0.6 is 0 Å². The summed E-state index contributed by atoms with van der Waals surface area (Å²) >= 11 is 0. The predicted octanol–water partition coefficient (Wildman–Crippen LogP) is 1.34. The van der Waals surface area contributed by atoms with Crippen molar-refractivity contribution in [3.63, 3.8) is 0 Å². The molecule has 1 heterocycles. The van der Waals surface area contributed by atoms with Crippen LogP contribution in [0.3, 0.4) is 0 Å². The highest BCUT2D eigenvalue weighted by Crippen LogP contribution is 2.09. The molecule has 0 aliphatic carbocycles. The molecule has 1 saturated heterocycles. The van der Waals surface area contributed by atoms with Crippen molar-refractivity contribution in [2.45, 2.75) is 38.6 Å². The molecule has 126 valence electrons. The minimum atomic E-state index is 0.00205. The molecule has 5 heteroatoms. The number of hydrogen-bond acceptors (Lipinski definition) is 3. The molecular weight excluding hydrogens is 290 g/mol. The van der Waals surface area contributed by atoms with Gasteiger partial charge >= 0.3 is 0 Å². The van der Waals surface area contributed by atoms with Crippen molar-refractivity contribution >= 4 is 11.8 Å². The van der Waals surface area contributed by atoms with Gasteiger partial charge in [-0.15, -0.1) is 0 Å². The van der Waals surface area contributed by atoms with Crippen LogP contribution in [0.5, 0.6) is 0 Å². The number of piperidine rings is 1. The van der Waals surface area contributed by atoms with Crippen LogP contribution in [0.2, 0.25) is 0 Å². The van der Waals surface area contributed by atoms with Gasteiger partial charge in [0, 0.05) is 26.1 Å². The molecule has 1 aromatic carbocycles. The Morgan fingerprint density at radius 1 is 1.26 bits per heavy atom. The van der Waals surface area contributed by atoms with Gasteiger partial charge in [-0.1, -0.05) is 30.3 Å². The van der Waals surface area contributed by atoms with Gasteiger partial charge < -0.3 is 10.6 Å². The molecule has 0 aromatic heterocycles. The van der Waals surface area contributed by atoms with E-state index in [1.54, 1.807) is 6.92 Å². The highest BCUT2D eigenvalue weighted by atomic mass is 16.2. The van der Waals surface area contributed by atoms with Crippen molar-refractivity contribution in [2.75, 3.05) is 26.2 Å². The maximum atomic E-state index is 12.0. The van der Waals surface area contributed by atoms with Crippen LogP contribution < -0.4 is 10.6 Å². The Bertz CT molecular complexity index is 504. The maximum Gasteiger partial charge on any atom is 0.234 e. The molecule has 2 amide bonds. The number of carbonyl (C=O) groups excluding carboxylic acids is 2. The first-order valence-electron chi connectivity index (χ1n) is 8.43. The number of nitrogens with one attached hydrogen (secondary N) is 2. The molecule has 1 aromatic rings. The van der Waals surface area contributed by atoms with Crippen LogP contribution in [-0.2, 0) is 16.0 Å². The molecule has 1 unspecified atom stereocenters. The second kappa shape index (κ2) is 9.30. The Morgan fingerprint density at radius 3 is 2.78 bits per heavy atom. The highest BCUT2D eigenvalue weighted by molar-refractivity contribution is 5.78. The molecule has 23 heavy (non-hydrogen) atoms. The van der Waals surface area contributed by atoms with E-state index in [1.807, 2.05) is 18.2 Å². The number of amides is 2. The van der Waals surface area contributed by atoms with E-state index in [0.29, 0.717) is 13.1 Å². The Kier molecular flexibility index (Phi) is 7.07. The molecule has 2 N–H and O–H groups in total. The number of hydrogen-bond donors (Lipinski definition) is 2. The zero-order chi connectivity index (χ0) is 16.5. The van der Waals surface area contributed by atoms with Crippen LogP contribution in [0.15, 0.2) is 30.3 Å². The Balaban J connectivity index is 1.61. The van der Waals surface area contributed by atoms with Gasteiger partial charge in [0.15, 0.2) is 0 Å². The lowest BCUT2D eigenvalue weighted by Crippen LogP contribution is -2.49. The van der Waals surface area contributed by atoms with Crippen molar-refractivity contribution in [3.05, 3.63) is 35.9 Å². The lowest BCUT2D eigenvalue weighted by molar-refractivity contribution is -0.122. The van der Waals surface area contributed by atoms with E-state index in [0.717, 1.165) is 38.8 Å². The summed E-state index contributed by atoms with van der Waals surface area (Å²) in [5.41, 5.74) is 1.30. The molecule has 1 atom stereocenters. The summed E-state index contributed by atoms with van der Waals surface area (Å²) in [6, 6.07) is 10.5. The van der Waals surface area contributed by atoms with E-state index in [1.165, 1.54) is 5.56 Å². The molecular formula is C18H27N3O2. The predicted molar refractivity (Wildman–Crippen MR) is 91.1 cm³/mol. The van der Waals surface area contributed by atoms with Crippen LogP contribution in [0.1, 0.15) is 31.7 Å². The second-order valence-corrected chi connectivity index (χ2v) is 6.21. The molecule has 0 spiro atoms. The molecule has 0 saturated carbocycles. The Labute approximate surface area is 138 Å². The average molecular weight is 317 g/mol. The van der Waals surface area contributed by atoms with Crippen molar-refractivity contribution in [1.82, 2.24) is 15.5 Å². The minimum Gasteiger partial charge on any atom is -0.355 e. The average Bonchev–Trinajstić information content (AvgIpc) is 2.52. The van der Waals surface area contributed by atoms with Gasteiger partial charge in [-0.2, -0.15) is 0 Å². The fourth-order valence-corrected chi connectivity index (χ4v) is 3.03. The summed E-state index contributed by atoms with van der Waals surface area (Å²) in [6.45, 7) is 4.35. The minimum absolute atomic E-state index is 0.00205. The number of carbonyl (C=O) groups is 2. The molecule has 0 bridgehead atoms. The summed E-state index contributed by atoms with van der Waals surface area (Å²) in [5, 5.41) is 5.93. The molecule has 2 rings (SSSR count). The first-order valence-corrected chi connectivity index (χ1v) is 8.43. The Hall–Kier alpha value is -1.88. The summed E-state index contributed by atoms with van der Waals surface area (Å²) in [5.74, 6) is 0.0729. The van der Waals surface area contributed by atoms with Gasteiger partial charge in [-0.3, -0.25) is 14.5 Å². The fraction of sp³-hybridized carbons (Fsp3) is 0.556. The number of aryl methyl sites for hydroxylation is 1. The third-order valence-electron chi connectivity index (χ3n) is 4.09. The molecule has 1 aliphatic rings. The van der Waals surface area contributed by atoms with E-state index in [2.05, 4.69) is 27.7 Å². The van der Waals surface area contributed by atoms with Crippen LogP contribution in [0.4, 0.5) is 0 Å². The Morgan fingerprint density at radius 2 is 2.04 bits per heavy atom. The standard InChI is InChI=1S/C18H27N3O2/c1-15(22)20-17-10-6-12-21(13-17)14-18(23)19-11-5-9-16-7-3-2-4-8-16/h2-4,7-8,17H,5-6,9-14H2,1H3,(H,19,23)(H,20,22). The van der Waals surface area contributed by atoms with E-state index in [-0.39, 0.29) is 17.9 Å². The van der Waals surface area contributed by atoms with Crippen molar-refractivity contribution in [3.8, 4) is 0 Å². The summed E-state index contributed by atoms with van der Waals surface area (Å²) in [7, 11) is 0. The topological polar surface area (TPSA) is 61.4 Å². The van der Waals surface area contributed by atoms with E-state index < -0.39 is 0 Å². The molecule has 5 nitrogen and oxygen atoms in total. The summed E-state index contributed by atoms with van der Waals surface area (Å²) in [6.07, 6.45) is 3.95. The number of benzene rings is 1. The summed E-state index contributed by atoms with van der Waals surface area (Å²) < 4.78 is 0. The highest BCUT2D eigenvalue weighted by Gasteiger charge is 2.21. The van der Waals surface area contributed by atoms with Crippen LogP contribution in [0, 0.1) is 0 Å². The van der Waals surface area contributed by atoms with E-state index in [9.17, 15) is 9.59 Å². The van der Waals surface area contributed by atoms with Crippen LogP contribution in [-0.4, -0.2) is 48.9 Å². The first-order chi connectivity index (χ1) is 11.1. The second-order valence-electron chi connectivity index (χ2n) is 6.21. The quantitative estimate of drug-likeness (QED) is 0.746. The molecule has 0 radical (unpaired) electrons. The summed E-state index contributed by atoms with van der Waals surface area (Å²) in [4.78, 5) is 25.3. The van der Waals surface area contributed by atoms with Crippen molar-refractivity contribution < 1.29 is 9.59 Å². The SMILES string of the molecule is CC(=O)NC1CCCN(CC(=O)NCCCc2ccccc2)C1. The number of likely N-dealkylation sites (tertiary alicyclic amines) is 1. The van der Waals surface area contributed by atoms with Gasteiger partial charge in [-0.05, 0) is 37.8 Å². The van der Waals surface area contributed by atoms with Gasteiger partial charge in [-0.25, -0.2) is 0 Å². The van der Waals surface area contributed by atoms with Gasteiger partial charge in [0.25, 0.3) is 0 Å². The lowest BCUT2D eigenvalue weighted by Gasteiger charge is -2.32. The van der Waals surface area contributed by atoms with Gasteiger partial charge in [0.1, 0.15) is 0 Å². The van der Waals surface area contributed by atoms with E-state index in [4.69, 9.17) is 0 Å². The largest absolute Gasteiger partial charge is 0.355 e. The van der Waals surface area contributed by atoms with Crippen LogP contribution in [0.25, 0.3) is 0 Å². The van der Waals surface area contributed by atoms with Crippen molar-refractivity contribution in [2.24, 2.45) is 0 Å². The van der Waals surface area contributed by atoms with Gasteiger partial charge in [0.2, 0.25) is 11.8 Å². The number of nitrogens with zero attached hydrogens (tertiary/aromatic N) is 1. The third-order valence-corrected chi connectivity index (χ3v) is 4.09.